The summed E-state index contributed by atoms with van der Waals surface area (Å²) in [7, 11) is 1.57. The first kappa shape index (κ1) is 18.9. The van der Waals surface area contributed by atoms with Crippen LogP contribution in [0, 0.1) is 5.92 Å². The predicted octanol–water partition coefficient (Wildman–Crippen LogP) is 4.79. The molecule has 24 heavy (non-hydrogen) atoms. The molecule has 2 rings (SSSR count). The second-order valence-corrected chi connectivity index (χ2v) is 7.16. The average Bonchev–Trinajstić information content (AvgIpc) is 2.59. The molecule has 5 heteroatoms. The summed E-state index contributed by atoms with van der Waals surface area (Å²) >= 11 is 6.37. The van der Waals surface area contributed by atoms with E-state index in [-0.39, 0.29) is 5.91 Å². The quantitative estimate of drug-likeness (QED) is 0.738. The minimum Gasteiger partial charge on any atom is -0.493 e. The number of hydrogen-bond donors (Lipinski definition) is 0. The number of carbonyl (C=O) groups excluding carboxylic acids is 1. The van der Waals surface area contributed by atoms with Gasteiger partial charge >= 0.3 is 0 Å². The number of amides is 1. The van der Waals surface area contributed by atoms with E-state index in [4.69, 9.17) is 21.1 Å². The highest BCUT2D eigenvalue weighted by Crippen LogP contribution is 2.37. The zero-order valence-corrected chi connectivity index (χ0v) is 15.9. The normalized spacial score (nSPS) is 17.9. The summed E-state index contributed by atoms with van der Waals surface area (Å²) < 4.78 is 11.2. The zero-order chi connectivity index (χ0) is 17.7. The minimum absolute atomic E-state index is 0.0251. The van der Waals surface area contributed by atoms with Crippen molar-refractivity contribution in [1.82, 2.24) is 4.90 Å². The molecular weight excluding hydrogens is 326 g/mol. The molecule has 1 aromatic carbocycles. The van der Waals surface area contributed by atoms with Crippen LogP contribution in [0.2, 0.25) is 5.02 Å². The van der Waals surface area contributed by atoms with Gasteiger partial charge in [-0.3, -0.25) is 4.79 Å². The second-order valence-electron chi connectivity index (χ2n) is 6.75. The molecule has 1 atom stereocenters. The third-order valence-electron chi connectivity index (χ3n) is 4.40. The van der Waals surface area contributed by atoms with Gasteiger partial charge < -0.3 is 14.4 Å². The van der Waals surface area contributed by atoms with Crippen LogP contribution in [0.15, 0.2) is 12.1 Å². The van der Waals surface area contributed by atoms with E-state index in [2.05, 4.69) is 20.8 Å². The van der Waals surface area contributed by atoms with E-state index in [1.165, 1.54) is 6.42 Å². The number of methoxy groups -OCH3 is 1. The molecule has 0 aromatic heterocycles. The predicted molar refractivity (Wildman–Crippen MR) is 97.3 cm³/mol. The number of carbonyl (C=O) groups is 1. The number of halogens is 1. The average molecular weight is 354 g/mol. The van der Waals surface area contributed by atoms with E-state index in [0.717, 1.165) is 25.8 Å². The molecule has 1 aromatic rings. The number of benzene rings is 1. The van der Waals surface area contributed by atoms with Crippen molar-refractivity contribution in [2.75, 3.05) is 20.3 Å². The zero-order valence-electron chi connectivity index (χ0n) is 15.1. The fourth-order valence-corrected chi connectivity index (χ4v) is 3.36. The van der Waals surface area contributed by atoms with Gasteiger partial charge in [-0.1, -0.05) is 32.4 Å². The Bertz CT molecular complexity index is 574. The molecule has 1 aliphatic rings. The lowest BCUT2D eigenvalue weighted by Gasteiger charge is -2.35. The van der Waals surface area contributed by atoms with Gasteiger partial charge in [0.25, 0.3) is 5.91 Å². The van der Waals surface area contributed by atoms with Crippen molar-refractivity contribution in [1.29, 1.82) is 0 Å². The van der Waals surface area contributed by atoms with Gasteiger partial charge in [-0.15, -0.1) is 0 Å². The maximum atomic E-state index is 12.9. The Balaban J connectivity index is 2.27. The lowest BCUT2D eigenvalue weighted by molar-refractivity contribution is 0.0607. The topological polar surface area (TPSA) is 38.8 Å². The van der Waals surface area contributed by atoms with Crippen LogP contribution in [0.5, 0.6) is 11.5 Å². The molecule has 1 heterocycles. The number of rotatable bonds is 6. The van der Waals surface area contributed by atoms with Gasteiger partial charge in [0.1, 0.15) is 0 Å². The van der Waals surface area contributed by atoms with Crippen LogP contribution in [-0.2, 0) is 0 Å². The fraction of sp³-hybridized carbons (Fsp3) is 0.632. The molecule has 0 N–H and O–H groups in total. The van der Waals surface area contributed by atoms with E-state index < -0.39 is 0 Å². The Morgan fingerprint density at radius 3 is 2.75 bits per heavy atom. The van der Waals surface area contributed by atoms with Gasteiger partial charge in [0.15, 0.2) is 11.5 Å². The molecule has 1 amide bonds. The molecule has 1 aliphatic heterocycles. The molecule has 1 saturated heterocycles. The SMILES string of the molecule is CCC1CCCCN1C(=O)c1cc(Cl)c(OCC(C)C)c(OC)c1. The molecule has 1 fully saturated rings. The molecule has 134 valence electrons. The Morgan fingerprint density at radius 2 is 2.12 bits per heavy atom. The first-order valence-corrected chi connectivity index (χ1v) is 9.17. The Morgan fingerprint density at radius 1 is 1.38 bits per heavy atom. The van der Waals surface area contributed by atoms with Crippen LogP contribution in [-0.4, -0.2) is 37.1 Å². The van der Waals surface area contributed by atoms with Gasteiger partial charge in [-0.25, -0.2) is 0 Å². The molecule has 0 aliphatic carbocycles. The fourth-order valence-electron chi connectivity index (χ4n) is 3.09. The van der Waals surface area contributed by atoms with Crippen molar-refractivity contribution in [3.63, 3.8) is 0 Å². The van der Waals surface area contributed by atoms with Gasteiger partial charge in [-0.2, -0.15) is 0 Å². The summed E-state index contributed by atoms with van der Waals surface area (Å²) in [6.45, 7) is 7.63. The van der Waals surface area contributed by atoms with Gasteiger partial charge in [0.2, 0.25) is 0 Å². The smallest absolute Gasteiger partial charge is 0.254 e. The van der Waals surface area contributed by atoms with Crippen LogP contribution in [0.1, 0.15) is 56.8 Å². The highest BCUT2D eigenvalue weighted by Gasteiger charge is 2.27. The van der Waals surface area contributed by atoms with Crippen molar-refractivity contribution < 1.29 is 14.3 Å². The lowest BCUT2D eigenvalue weighted by Crippen LogP contribution is -2.43. The summed E-state index contributed by atoms with van der Waals surface area (Å²) in [5.74, 6) is 1.43. The van der Waals surface area contributed by atoms with Gasteiger partial charge in [0.05, 0.1) is 18.7 Å². The first-order chi connectivity index (χ1) is 11.5. The number of hydrogen-bond acceptors (Lipinski definition) is 3. The van der Waals surface area contributed by atoms with Crippen molar-refractivity contribution in [2.24, 2.45) is 5.92 Å². The van der Waals surface area contributed by atoms with Crippen LogP contribution in [0.25, 0.3) is 0 Å². The molecule has 0 radical (unpaired) electrons. The second kappa shape index (κ2) is 8.61. The highest BCUT2D eigenvalue weighted by atomic mass is 35.5. The standard InChI is InChI=1S/C19H28ClNO3/c1-5-15-8-6-7-9-21(15)19(22)14-10-16(20)18(17(11-14)23-4)24-12-13(2)3/h10-11,13,15H,5-9,12H2,1-4H3. The van der Waals surface area contributed by atoms with Crippen LogP contribution < -0.4 is 9.47 Å². The summed E-state index contributed by atoms with van der Waals surface area (Å²) in [5.41, 5.74) is 0.564. The number of piperidine rings is 1. The van der Waals surface area contributed by atoms with Crippen molar-refractivity contribution >= 4 is 17.5 Å². The lowest BCUT2D eigenvalue weighted by atomic mass is 9.99. The third kappa shape index (κ3) is 4.35. The minimum atomic E-state index is 0.0251. The van der Waals surface area contributed by atoms with E-state index in [0.29, 0.717) is 40.7 Å². The summed E-state index contributed by atoms with van der Waals surface area (Å²) in [6.07, 6.45) is 4.30. The van der Waals surface area contributed by atoms with E-state index in [1.54, 1.807) is 19.2 Å². The van der Waals surface area contributed by atoms with Crippen LogP contribution >= 0.6 is 11.6 Å². The van der Waals surface area contributed by atoms with Gasteiger partial charge in [0, 0.05) is 18.2 Å². The number of nitrogens with zero attached hydrogens (tertiary/aromatic N) is 1. The number of likely N-dealkylation sites (tertiary alicyclic amines) is 1. The van der Waals surface area contributed by atoms with Crippen molar-refractivity contribution in [2.45, 2.75) is 52.5 Å². The van der Waals surface area contributed by atoms with E-state index in [9.17, 15) is 4.79 Å². The van der Waals surface area contributed by atoms with Crippen LogP contribution in [0.3, 0.4) is 0 Å². The largest absolute Gasteiger partial charge is 0.493 e. The van der Waals surface area contributed by atoms with Crippen molar-refractivity contribution in [3.8, 4) is 11.5 Å². The Hall–Kier alpha value is -1.42. The monoisotopic (exact) mass is 353 g/mol. The van der Waals surface area contributed by atoms with Gasteiger partial charge in [-0.05, 0) is 43.7 Å². The van der Waals surface area contributed by atoms with Crippen molar-refractivity contribution in [3.05, 3.63) is 22.7 Å². The highest BCUT2D eigenvalue weighted by molar-refractivity contribution is 6.32. The molecule has 0 bridgehead atoms. The maximum absolute atomic E-state index is 12.9. The summed E-state index contributed by atoms with van der Waals surface area (Å²) in [6, 6.07) is 3.75. The molecular formula is C19H28ClNO3. The third-order valence-corrected chi connectivity index (χ3v) is 4.68. The molecule has 0 saturated carbocycles. The summed E-state index contributed by atoms with van der Waals surface area (Å²) in [4.78, 5) is 14.9. The van der Waals surface area contributed by atoms with E-state index in [1.807, 2.05) is 4.90 Å². The Kier molecular flexibility index (Phi) is 6.79. The molecule has 4 nitrogen and oxygen atoms in total. The maximum Gasteiger partial charge on any atom is 0.254 e. The molecule has 0 spiro atoms. The summed E-state index contributed by atoms with van der Waals surface area (Å²) in [5, 5.41) is 0.420. The van der Waals surface area contributed by atoms with Crippen LogP contribution in [0.4, 0.5) is 0 Å². The number of ether oxygens (including phenoxy) is 2. The Labute approximate surface area is 150 Å². The molecule has 1 unspecified atom stereocenters. The first-order valence-electron chi connectivity index (χ1n) is 8.79. The van der Waals surface area contributed by atoms with E-state index >= 15 is 0 Å².